The largest absolute Gasteiger partial charge is 0.367 e. The van der Waals surface area contributed by atoms with Crippen molar-refractivity contribution < 1.29 is 21.2 Å². The van der Waals surface area contributed by atoms with Crippen LogP contribution in [0.15, 0.2) is 90.0 Å². The van der Waals surface area contributed by atoms with Crippen LogP contribution in [-0.2, 0) is 32.8 Å². The molecule has 1 fully saturated rings. The Morgan fingerprint density at radius 3 is 2.40 bits per heavy atom. The van der Waals surface area contributed by atoms with Gasteiger partial charge in [0.25, 0.3) is 0 Å². The van der Waals surface area contributed by atoms with Gasteiger partial charge in [0.15, 0.2) is 0 Å². The molecule has 0 radical (unpaired) electrons. The number of sulfone groups is 1. The van der Waals surface area contributed by atoms with E-state index in [1.165, 1.54) is 23.7 Å². The standard InChI is InChI=1S/C35H38FN7O4S3/c1-3-32-41-33(26-9-7-8-25(22-26)24-38-50(46,47)28-10-5-4-6-11-28)34(48-32)30-14-15-37-35(40-30)39-27-12-13-31(29(36)23-27)43-18-16-42(17-19-43)20-21-49(2,44)45/h4-15,22-23,38H,3,16-21,24H2,1-2H3,(H,37,39,40). The first-order valence-corrected chi connectivity index (χ1v) is 20.5. The molecule has 0 bridgehead atoms. The van der Waals surface area contributed by atoms with Crippen molar-refractivity contribution in [2.75, 3.05) is 54.9 Å². The van der Waals surface area contributed by atoms with E-state index in [1.807, 2.05) is 36.1 Å². The Bertz CT molecular complexity index is 2170. The second kappa shape index (κ2) is 15.3. The van der Waals surface area contributed by atoms with E-state index in [1.54, 1.807) is 54.7 Å². The smallest absolute Gasteiger partial charge is 0.240 e. The topological polar surface area (TPSA) is 137 Å². The number of thiazole rings is 1. The summed E-state index contributed by atoms with van der Waals surface area (Å²) in [5.41, 5.74) is 3.98. The third-order valence-electron chi connectivity index (χ3n) is 8.28. The van der Waals surface area contributed by atoms with Gasteiger partial charge in [-0.2, -0.15) is 0 Å². The van der Waals surface area contributed by atoms with Gasteiger partial charge >= 0.3 is 0 Å². The van der Waals surface area contributed by atoms with Crippen LogP contribution in [-0.4, -0.2) is 81.4 Å². The molecule has 6 rings (SSSR count). The Hall–Kier alpha value is -4.28. The average molecular weight is 736 g/mol. The zero-order valence-corrected chi connectivity index (χ0v) is 30.2. The molecule has 0 spiro atoms. The molecular formula is C35H38FN7O4S3. The van der Waals surface area contributed by atoms with E-state index in [4.69, 9.17) is 9.97 Å². The molecule has 0 atom stereocenters. The summed E-state index contributed by atoms with van der Waals surface area (Å²) in [4.78, 5) is 19.1. The number of anilines is 3. The molecule has 15 heteroatoms. The molecule has 3 aromatic carbocycles. The number of halogens is 1. The fraction of sp³-hybridized carbons (Fsp3) is 0.286. The van der Waals surface area contributed by atoms with E-state index < -0.39 is 19.9 Å². The average Bonchev–Trinajstić information content (AvgIpc) is 3.56. The number of rotatable bonds is 13. The molecule has 262 valence electrons. The highest BCUT2D eigenvalue weighted by Gasteiger charge is 2.21. The molecule has 1 saturated heterocycles. The van der Waals surface area contributed by atoms with Crippen molar-refractivity contribution in [1.29, 1.82) is 0 Å². The van der Waals surface area contributed by atoms with Gasteiger partial charge in [0.1, 0.15) is 15.7 Å². The third kappa shape index (κ3) is 8.89. The highest BCUT2D eigenvalue weighted by atomic mass is 32.2. The molecule has 2 aromatic heterocycles. The molecule has 0 unspecified atom stereocenters. The maximum Gasteiger partial charge on any atom is 0.240 e. The summed E-state index contributed by atoms with van der Waals surface area (Å²) in [6.45, 7) is 5.14. The van der Waals surface area contributed by atoms with Gasteiger partial charge < -0.3 is 10.2 Å². The lowest BCUT2D eigenvalue weighted by Gasteiger charge is -2.36. The van der Waals surface area contributed by atoms with Crippen LogP contribution in [0.2, 0.25) is 0 Å². The minimum absolute atomic E-state index is 0.115. The van der Waals surface area contributed by atoms with Crippen molar-refractivity contribution in [3.63, 3.8) is 0 Å². The Balaban J connectivity index is 1.16. The highest BCUT2D eigenvalue weighted by Crippen LogP contribution is 2.37. The molecule has 1 aliphatic rings. The monoisotopic (exact) mass is 735 g/mol. The van der Waals surface area contributed by atoms with Gasteiger partial charge in [-0.25, -0.2) is 40.9 Å². The number of hydrogen-bond acceptors (Lipinski definition) is 11. The van der Waals surface area contributed by atoms with Crippen LogP contribution in [0.4, 0.5) is 21.7 Å². The third-order valence-corrected chi connectivity index (χ3v) is 11.8. The zero-order chi connectivity index (χ0) is 35.3. The molecule has 1 aliphatic heterocycles. The lowest BCUT2D eigenvalue weighted by molar-refractivity contribution is 0.271. The summed E-state index contributed by atoms with van der Waals surface area (Å²) in [5, 5.41) is 4.05. The summed E-state index contributed by atoms with van der Waals surface area (Å²) in [6.07, 6.45) is 3.61. The maximum absolute atomic E-state index is 15.3. The summed E-state index contributed by atoms with van der Waals surface area (Å²) >= 11 is 1.53. The number of hydrogen-bond donors (Lipinski definition) is 2. The quantitative estimate of drug-likeness (QED) is 0.163. The van der Waals surface area contributed by atoms with Crippen molar-refractivity contribution in [1.82, 2.24) is 24.6 Å². The summed E-state index contributed by atoms with van der Waals surface area (Å²) in [7, 11) is -6.70. The highest BCUT2D eigenvalue weighted by molar-refractivity contribution is 7.90. The lowest BCUT2D eigenvalue weighted by atomic mass is 10.1. The molecule has 2 N–H and O–H groups in total. The first kappa shape index (κ1) is 35.5. The number of aryl methyl sites for hydroxylation is 1. The Morgan fingerprint density at radius 2 is 1.68 bits per heavy atom. The van der Waals surface area contributed by atoms with Crippen LogP contribution in [0, 0.1) is 5.82 Å². The number of nitrogens with zero attached hydrogens (tertiary/aromatic N) is 5. The van der Waals surface area contributed by atoms with Crippen molar-refractivity contribution in [3.8, 4) is 21.8 Å². The Labute approximate surface area is 296 Å². The SMILES string of the molecule is CCc1nc(-c2cccc(CNS(=O)(=O)c3ccccc3)c2)c(-c2ccnc(Nc3ccc(N4CCN(CCS(C)(=O)=O)CC4)c(F)c3)n2)s1. The van der Waals surface area contributed by atoms with E-state index in [2.05, 4.69) is 19.9 Å². The fourth-order valence-electron chi connectivity index (χ4n) is 5.60. The van der Waals surface area contributed by atoms with E-state index in [9.17, 15) is 16.8 Å². The first-order chi connectivity index (χ1) is 24.0. The van der Waals surface area contributed by atoms with Gasteiger partial charge in [0.2, 0.25) is 16.0 Å². The van der Waals surface area contributed by atoms with E-state index in [-0.39, 0.29) is 23.0 Å². The molecular weight excluding hydrogens is 698 g/mol. The minimum Gasteiger partial charge on any atom is -0.367 e. The van der Waals surface area contributed by atoms with Crippen molar-refractivity contribution in [2.45, 2.75) is 24.8 Å². The molecule has 50 heavy (non-hydrogen) atoms. The molecule has 3 heterocycles. The summed E-state index contributed by atoms with van der Waals surface area (Å²) in [6, 6.07) is 22.6. The normalized spacial score (nSPS) is 14.2. The van der Waals surface area contributed by atoms with Gasteiger partial charge in [-0.15, -0.1) is 11.3 Å². The zero-order valence-electron chi connectivity index (χ0n) is 27.7. The van der Waals surface area contributed by atoms with Gasteiger partial charge in [-0.05, 0) is 54.4 Å². The predicted molar refractivity (Wildman–Crippen MR) is 196 cm³/mol. The predicted octanol–water partition coefficient (Wildman–Crippen LogP) is 5.36. The number of piperazine rings is 1. The van der Waals surface area contributed by atoms with Crippen LogP contribution in [0.5, 0.6) is 0 Å². The molecule has 0 amide bonds. The van der Waals surface area contributed by atoms with Crippen LogP contribution in [0.25, 0.3) is 21.8 Å². The number of aromatic nitrogens is 3. The summed E-state index contributed by atoms with van der Waals surface area (Å²) < 4.78 is 66.6. The van der Waals surface area contributed by atoms with Crippen LogP contribution in [0.1, 0.15) is 17.5 Å². The Kier molecular flexibility index (Phi) is 10.9. The number of sulfonamides is 1. The van der Waals surface area contributed by atoms with Gasteiger partial charge in [0.05, 0.1) is 37.6 Å². The van der Waals surface area contributed by atoms with Gasteiger partial charge in [0, 0.05) is 63.0 Å². The van der Waals surface area contributed by atoms with E-state index in [0.717, 1.165) is 33.1 Å². The molecule has 0 aliphatic carbocycles. The first-order valence-electron chi connectivity index (χ1n) is 16.2. The molecule has 0 saturated carbocycles. The second-order valence-electron chi connectivity index (χ2n) is 12.0. The van der Waals surface area contributed by atoms with Gasteiger partial charge in [-0.1, -0.05) is 43.3 Å². The lowest BCUT2D eigenvalue weighted by Crippen LogP contribution is -2.47. The fourth-order valence-corrected chi connectivity index (χ4v) is 8.22. The van der Waals surface area contributed by atoms with E-state index >= 15 is 4.39 Å². The summed E-state index contributed by atoms with van der Waals surface area (Å²) in [5.74, 6) is 0.0405. The number of benzene rings is 3. The van der Waals surface area contributed by atoms with Crippen molar-refractivity contribution in [3.05, 3.63) is 101 Å². The van der Waals surface area contributed by atoms with Crippen LogP contribution in [0.3, 0.4) is 0 Å². The maximum atomic E-state index is 15.3. The number of nitrogens with one attached hydrogen (secondary N) is 2. The minimum atomic E-state index is -3.67. The van der Waals surface area contributed by atoms with Crippen LogP contribution < -0.4 is 14.9 Å². The molecule has 11 nitrogen and oxygen atoms in total. The Morgan fingerprint density at radius 1 is 0.900 bits per heavy atom. The van der Waals surface area contributed by atoms with Crippen molar-refractivity contribution >= 4 is 48.5 Å². The second-order valence-corrected chi connectivity index (χ2v) is 17.1. The van der Waals surface area contributed by atoms with Crippen LogP contribution >= 0.6 is 11.3 Å². The van der Waals surface area contributed by atoms with E-state index in [0.29, 0.717) is 55.7 Å². The van der Waals surface area contributed by atoms with Gasteiger partial charge in [-0.3, -0.25) is 4.90 Å². The molecule has 5 aromatic rings. The van der Waals surface area contributed by atoms with Crippen molar-refractivity contribution in [2.24, 2.45) is 0 Å².